The summed E-state index contributed by atoms with van der Waals surface area (Å²) in [7, 11) is 3.45. The molecule has 2 aromatic heterocycles. The number of rotatable bonds is 7. The summed E-state index contributed by atoms with van der Waals surface area (Å²) in [6.07, 6.45) is 2.26. The standard InChI is InChI=1S/C16H18N6O2S2/c1-4-12(25-16-21-17-9-22(16)2)13(23)18-15-20-19-14(26-15)10-7-5-6-8-11(10)24-3/h5-9,12H,4H2,1-3H3,(H,18,20,23)/t12-/m1/s1. The van der Waals surface area contributed by atoms with Gasteiger partial charge in [-0.15, -0.1) is 20.4 Å². The van der Waals surface area contributed by atoms with E-state index >= 15 is 0 Å². The van der Waals surface area contributed by atoms with Crippen molar-refractivity contribution in [2.45, 2.75) is 23.8 Å². The van der Waals surface area contributed by atoms with Gasteiger partial charge in [0.1, 0.15) is 12.1 Å². The van der Waals surface area contributed by atoms with Crippen molar-refractivity contribution in [3.05, 3.63) is 30.6 Å². The monoisotopic (exact) mass is 390 g/mol. The molecule has 26 heavy (non-hydrogen) atoms. The van der Waals surface area contributed by atoms with Crippen LogP contribution < -0.4 is 10.1 Å². The van der Waals surface area contributed by atoms with Gasteiger partial charge in [-0.1, -0.05) is 42.2 Å². The van der Waals surface area contributed by atoms with Gasteiger partial charge in [-0.25, -0.2) is 0 Å². The second-order valence-electron chi connectivity index (χ2n) is 5.34. The fourth-order valence-corrected chi connectivity index (χ4v) is 3.89. The molecule has 0 saturated carbocycles. The summed E-state index contributed by atoms with van der Waals surface area (Å²) in [6, 6.07) is 7.56. The first-order valence-electron chi connectivity index (χ1n) is 7.90. The molecule has 2 heterocycles. The average molecular weight is 390 g/mol. The largest absolute Gasteiger partial charge is 0.496 e. The highest BCUT2D eigenvalue weighted by atomic mass is 32.2. The number of methoxy groups -OCH3 is 1. The molecule has 10 heteroatoms. The molecule has 0 aliphatic carbocycles. The van der Waals surface area contributed by atoms with Crippen LogP contribution in [0.1, 0.15) is 13.3 Å². The summed E-state index contributed by atoms with van der Waals surface area (Å²) in [5, 5.41) is 20.5. The van der Waals surface area contributed by atoms with Crippen LogP contribution in [-0.2, 0) is 11.8 Å². The van der Waals surface area contributed by atoms with Crippen LogP contribution in [0, 0.1) is 0 Å². The van der Waals surface area contributed by atoms with Crippen LogP contribution in [0.3, 0.4) is 0 Å². The first-order chi connectivity index (χ1) is 12.6. The number of benzene rings is 1. The van der Waals surface area contributed by atoms with E-state index in [9.17, 15) is 4.79 Å². The van der Waals surface area contributed by atoms with Crippen molar-refractivity contribution in [3.63, 3.8) is 0 Å². The second-order valence-corrected chi connectivity index (χ2v) is 7.49. The first-order valence-corrected chi connectivity index (χ1v) is 9.60. The Morgan fingerprint density at radius 2 is 2.15 bits per heavy atom. The van der Waals surface area contributed by atoms with E-state index in [-0.39, 0.29) is 11.2 Å². The number of anilines is 1. The lowest BCUT2D eigenvalue weighted by Gasteiger charge is -2.12. The summed E-state index contributed by atoms with van der Waals surface area (Å²) in [5.74, 6) is 0.578. The topological polar surface area (TPSA) is 94.8 Å². The molecule has 136 valence electrons. The number of nitrogens with zero attached hydrogens (tertiary/aromatic N) is 5. The van der Waals surface area contributed by atoms with Crippen molar-refractivity contribution in [1.29, 1.82) is 0 Å². The van der Waals surface area contributed by atoms with Gasteiger partial charge < -0.3 is 9.30 Å². The molecular formula is C16H18N6O2S2. The molecule has 0 bridgehead atoms. The molecule has 0 aliphatic rings. The number of aryl methyl sites for hydroxylation is 1. The van der Waals surface area contributed by atoms with E-state index in [1.807, 2.05) is 38.2 Å². The third kappa shape index (κ3) is 4.02. The molecule has 0 aliphatic heterocycles. The highest BCUT2D eigenvalue weighted by Crippen LogP contribution is 2.33. The van der Waals surface area contributed by atoms with E-state index in [4.69, 9.17) is 4.74 Å². The minimum atomic E-state index is -0.295. The van der Waals surface area contributed by atoms with Crippen molar-refractivity contribution in [2.24, 2.45) is 7.05 Å². The second kappa shape index (κ2) is 8.28. The maximum Gasteiger partial charge on any atom is 0.239 e. The van der Waals surface area contributed by atoms with Gasteiger partial charge in [0.15, 0.2) is 10.2 Å². The Kier molecular flexibility index (Phi) is 5.84. The Morgan fingerprint density at radius 3 is 2.85 bits per heavy atom. The van der Waals surface area contributed by atoms with Crippen LogP contribution in [0.15, 0.2) is 35.7 Å². The predicted octanol–water partition coefficient (Wildman–Crippen LogP) is 2.85. The van der Waals surface area contributed by atoms with Crippen molar-refractivity contribution in [3.8, 4) is 16.3 Å². The van der Waals surface area contributed by atoms with Gasteiger partial charge in [-0.2, -0.15) is 0 Å². The summed E-state index contributed by atoms with van der Waals surface area (Å²) in [6.45, 7) is 1.95. The Morgan fingerprint density at radius 1 is 1.35 bits per heavy atom. The normalized spacial score (nSPS) is 12.0. The van der Waals surface area contributed by atoms with E-state index in [1.165, 1.54) is 23.1 Å². The van der Waals surface area contributed by atoms with Crippen molar-refractivity contribution < 1.29 is 9.53 Å². The number of carbonyl (C=O) groups excluding carboxylic acids is 1. The Labute approximate surface area is 159 Å². The SMILES string of the molecule is CC[C@@H](Sc1nncn1C)C(=O)Nc1nnc(-c2ccccc2OC)s1. The van der Waals surface area contributed by atoms with Gasteiger partial charge in [0.2, 0.25) is 11.0 Å². The van der Waals surface area contributed by atoms with Gasteiger partial charge in [-0.3, -0.25) is 10.1 Å². The fourth-order valence-electron chi connectivity index (χ4n) is 2.22. The van der Waals surface area contributed by atoms with Gasteiger partial charge in [0.05, 0.1) is 17.9 Å². The minimum Gasteiger partial charge on any atom is -0.496 e. The molecule has 1 amide bonds. The molecule has 1 aromatic carbocycles. The minimum absolute atomic E-state index is 0.136. The molecule has 8 nitrogen and oxygen atoms in total. The number of hydrogen-bond donors (Lipinski definition) is 1. The third-order valence-corrected chi connectivity index (χ3v) is 5.86. The Bertz CT molecular complexity index is 894. The zero-order chi connectivity index (χ0) is 18.5. The number of aromatic nitrogens is 5. The molecule has 0 radical (unpaired) electrons. The van der Waals surface area contributed by atoms with Crippen LogP contribution in [0.5, 0.6) is 5.75 Å². The summed E-state index contributed by atoms with van der Waals surface area (Å²) in [4.78, 5) is 12.6. The zero-order valence-corrected chi connectivity index (χ0v) is 16.2. The number of ether oxygens (including phenoxy) is 1. The highest BCUT2D eigenvalue weighted by Gasteiger charge is 2.22. The van der Waals surface area contributed by atoms with Crippen LogP contribution in [-0.4, -0.2) is 43.2 Å². The molecule has 3 rings (SSSR count). The summed E-state index contributed by atoms with van der Waals surface area (Å²) in [5.41, 5.74) is 0.841. The van der Waals surface area contributed by atoms with Crippen LogP contribution in [0.4, 0.5) is 5.13 Å². The fraction of sp³-hybridized carbons (Fsp3) is 0.312. The zero-order valence-electron chi connectivity index (χ0n) is 14.5. The van der Waals surface area contributed by atoms with Crippen LogP contribution >= 0.6 is 23.1 Å². The quantitative estimate of drug-likeness (QED) is 0.620. The molecule has 0 unspecified atom stereocenters. The third-order valence-electron chi connectivity index (χ3n) is 3.57. The maximum absolute atomic E-state index is 12.6. The summed E-state index contributed by atoms with van der Waals surface area (Å²) < 4.78 is 7.13. The van der Waals surface area contributed by atoms with Crippen LogP contribution in [0.25, 0.3) is 10.6 Å². The van der Waals surface area contributed by atoms with Gasteiger partial charge >= 0.3 is 0 Å². The lowest BCUT2D eigenvalue weighted by Crippen LogP contribution is -2.24. The van der Waals surface area contributed by atoms with E-state index < -0.39 is 0 Å². The van der Waals surface area contributed by atoms with E-state index in [1.54, 1.807) is 18.0 Å². The van der Waals surface area contributed by atoms with E-state index in [2.05, 4.69) is 25.7 Å². The molecular weight excluding hydrogens is 372 g/mol. The maximum atomic E-state index is 12.6. The molecule has 1 N–H and O–H groups in total. The van der Waals surface area contributed by atoms with Gasteiger partial charge in [0, 0.05) is 7.05 Å². The molecule has 1 atom stereocenters. The molecule has 3 aromatic rings. The highest BCUT2D eigenvalue weighted by molar-refractivity contribution is 8.00. The smallest absolute Gasteiger partial charge is 0.239 e. The van der Waals surface area contributed by atoms with Crippen molar-refractivity contribution in [2.75, 3.05) is 12.4 Å². The Hall–Kier alpha value is -2.46. The van der Waals surface area contributed by atoms with Gasteiger partial charge in [0.25, 0.3) is 0 Å². The molecule has 0 fully saturated rings. The number of nitrogens with one attached hydrogen (secondary N) is 1. The molecule has 0 spiro atoms. The lowest BCUT2D eigenvalue weighted by molar-refractivity contribution is -0.115. The van der Waals surface area contributed by atoms with Crippen molar-refractivity contribution >= 4 is 34.1 Å². The van der Waals surface area contributed by atoms with E-state index in [0.29, 0.717) is 27.5 Å². The number of thioether (sulfide) groups is 1. The number of amides is 1. The van der Waals surface area contributed by atoms with Gasteiger partial charge in [-0.05, 0) is 18.6 Å². The lowest BCUT2D eigenvalue weighted by atomic mass is 10.2. The molecule has 0 saturated heterocycles. The predicted molar refractivity (Wildman–Crippen MR) is 101 cm³/mol. The first kappa shape index (κ1) is 18.3. The van der Waals surface area contributed by atoms with Crippen LogP contribution in [0.2, 0.25) is 0 Å². The Balaban J connectivity index is 1.71. The number of carbonyl (C=O) groups is 1. The number of hydrogen-bond acceptors (Lipinski definition) is 8. The average Bonchev–Trinajstić information content (AvgIpc) is 3.28. The van der Waals surface area contributed by atoms with E-state index in [0.717, 1.165) is 5.56 Å². The number of para-hydroxylation sites is 1. The summed E-state index contributed by atoms with van der Waals surface area (Å²) >= 11 is 2.68. The van der Waals surface area contributed by atoms with Crippen molar-refractivity contribution in [1.82, 2.24) is 25.0 Å².